The largest absolute Gasteiger partial charge is 0.379 e. The quantitative estimate of drug-likeness (QED) is 0.883. The molecule has 5 nitrogen and oxygen atoms in total. The molecule has 1 aromatic heterocycles. The molecule has 0 bridgehead atoms. The van der Waals surface area contributed by atoms with Crippen molar-refractivity contribution in [1.82, 2.24) is 9.88 Å². The third-order valence-electron chi connectivity index (χ3n) is 4.37. The van der Waals surface area contributed by atoms with Crippen molar-refractivity contribution in [2.24, 2.45) is 5.73 Å². The molecule has 0 aliphatic carbocycles. The van der Waals surface area contributed by atoms with Crippen molar-refractivity contribution in [2.75, 3.05) is 44.3 Å². The Balaban J connectivity index is 1.67. The second kappa shape index (κ2) is 6.08. The van der Waals surface area contributed by atoms with Crippen molar-refractivity contribution in [2.45, 2.75) is 25.9 Å². The van der Waals surface area contributed by atoms with E-state index in [1.807, 2.05) is 6.20 Å². The van der Waals surface area contributed by atoms with Gasteiger partial charge in [-0.25, -0.2) is 4.98 Å². The Bertz CT molecular complexity index is 459. The fraction of sp³-hybridized carbons (Fsp3) is 0.667. The SMILES string of the molecule is Cc1cc(CN)cnc1N1CCC(N2CCOCC2)C1. The van der Waals surface area contributed by atoms with E-state index in [0.29, 0.717) is 12.6 Å². The van der Waals surface area contributed by atoms with Crippen molar-refractivity contribution >= 4 is 5.82 Å². The smallest absolute Gasteiger partial charge is 0.131 e. The molecule has 1 unspecified atom stereocenters. The molecular formula is C15H24N4O. The molecule has 0 amide bonds. The third kappa shape index (κ3) is 2.80. The molecule has 3 rings (SSSR count). The highest BCUT2D eigenvalue weighted by Crippen LogP contribution is 2.25. The van der Waals surface area contributed by atoms with E-state index in [1.54, 1.807) is 0 Å². The highest BCUT2D eigenvalue weighted by Gasteiger charge is 2.29. The van der Waals surface area contributed by atoms with Crippen molar-refractivity contribution < 1.29 is 4.74 Å². The lowest BCUT2D eigenvalue weighted by molar-refractivity contribution is 0.0209. The molecule has 2 aliphatic heterocycles. The second-order valence-electron chi connectivity index (χ2n) is 5.73. The van der Waals surface area contributed by atoms with Crippen LogP contribution < -0.4 is 10.6 Å². The van der Waals surface area contributed by atoms with E-state index in [4.69, 9.17) is 10.5 Å². The van der Waals surface area contributed by atoms with Crippen LogP contribution in [0.5, 0.6) is 0 Å². The second-order valence-corrected chi connectivity index (χ2v) is 5.73. The normalized spacial score (nSPS) is 24.3. The third-order valence-corrected chi connectivity index (χ3v) is 4.37. The molecule has 3 heterocycles. The summed E-state index contributed by atoms with van der Waals surface area (Å²) in [5.41, 5.74) is 8.01. The van der Waals surface area contributed by atoms with E-state index < -0.39 is 0 Å². The first-order valence-corrected chi connectivity index (χ1v) is 7.50. The summed E-state index contributed by atoms with van der Waals surface area (Å²) in [6, 6.07) is 2.80. The van der Waals surface area contributed by atoms with Crippen LogP contribution in [0.1, 0.15) is 17.5 Å². The molecule has 0 aromatic carbocycles. The summed E-state index contributed by atoms with van der Waals surface area (Å²) in [5, 5.41) is 0. The highest BCUT2D eigenvalue weighted by molar-refractivity contribution is 5.48. The lowest BCUT2D eigenvalue weighted by Gasteiger charge is -2.32. The molecule has 1 atom stereocenters. The average molecular weight is 276 g/mol. The van der Waals surface area contributed by atoms with Gasteiger partial charge in [0, 0.05) is 45.0 Å². The highest BCUT2D eigenvalue weighted by atomic mass is 16.5. The van der Waals surface area contributed by atoms with Gasteiger partial charge in [-0.1, -0.05) is 0 Å². The Kier molecular flexibility index (Phi) is 4.19. The lowest BCUT2D eigenvalue weighted by atomic mass is 10.2. The van der Waals surface area contributed by atoms with Gasteiger partial charge in [0.1, 0.15) is 5.82 Å². The number of aromatic nitrogens is 1. The number of aryl methyl sites for hydroxylation is 1. The first kappa shape index (κ1) is 13.8. The molecule has 2 fully saturated rings. The Hall–Kier alpha value is -1.17. The number of pyridine rings is 1. The van der Waals surface area contributed by atoms with Crippen LogP contribution in [-0.2, 0) is 11.3 Å². The van der Waals surface area contributed by atoms with Gasteiger partial charge < -0.3 is 15.4 Å². The van der Waals surface area contributed by atoms with Crippen LogP contribution in [-0.4, -0.2) is 55.3 Å². The fourth-order valence-corrected chi connectivity index (χ4v) is 3.24. The summed E-state index contributed by atoms with van der Waals surface area (Å²) < 4.78 is 5.44. The number of hydrogen-bond donors (Lipinski definition) is 1. The fourth-order valence-electron chi connectivity index (χ4n) is 3.24. The van der Waals surface area contributed by atoms with Crippen LogP contribution in [0, 0.1) is 6.92 Å². The number of nitrogens with zero attached hydrogens (tertiary/aromatic N) is 3. The number of morpholine rings is 1. The summed E-state index contributed by atoms with van der Waals surface area (Å²) in [7, 11) is 0. The molecular weight excluding hydrogens is 252 g/mol. The maximum atomic E-state index is 5.67. The van der Waals surface area contributed by atoms with E-state index in [1.165, 1.54) is 12.0 Å². The van der Waals surface area contributed by atoms with Gasteiger partial charge in [0.05, 0.1) is 13.2 Å². The standard InChI is InChI=1S/C15H24N4O/c1-12-8-13(9-16)10-17-15(12)19-3-2-14(11-19)18-4-6-20-7-5-18/h8,10,14H,2-7,9,11,16H2,1H3. The zero-order valence-corrected chi connectivity index (χ0v) is 12.2. The van der Waals surface area contributed by atoms with Crippen LogP contribution in [0.3, 0.4) is 0 Å². The van der Waals surface area contributed by atoms with E-state index in [0.717, 1.165) is 50.8 Å². The molecule has 2 aliphatic rings. The van der Waals surface area contributed by atoms with Crippen LogP contribution in [0.25, 0.3) is 0 Å². The van der Waals surface area contributed by atoms with Crippen molar-refractivity contribution in [3.8, 4) is 0 Å². The molecule has 2 saturated heterocycles. The minimum absolute atomic E-state index is 0.560. The van der Waals surface area contributed by atoms with Gasteiger partial charge in [-0.05, 0) is 30.5 Å². The van der Waals surface area contributed by atoms with Gasteiger partial charge in [-0.15, -0.1) is 0 Å². The van der Waals surface area contributed by atoms with Crippen LogP contribution in [0.4, 0.5) is 5.82 Å². The monoisotopic (exact) mass is 276 g/mol. The molecule has 1 aromatic rings. The molecule has 110 valence electrons. The van der Waals surface area contributed by atoms with Crippen molar-refractivity contribution in [1.29, 1.82) is 0 Å². The molecule has 20 heavy (non-hydrogen) atoms. The van der Waals surface area contributed by atoms with Gasteiger partial charge >= 0.3 is 0 Å². The van der Waals surface area contributed by atoms with E-state index >= 15 is 0 Å². The maximum absolute atomic E-state index is 5.67. The number of rotatable bonds is 3. The minimum Gasteiger partial charge on any atom is -0.379 e. The Labute approximate surface area is 120 Å². The average Bonchev–Trinajstić information content (AvgIpc) is 2.97. The van der Waals surface area contributed by atoms with E-state index in [9.17, 15) is 0 Å². The molecule has 0 saturated carbocycles. The first-order chi connectivity index (χ1) is 9.78. The Morgan fingerprint density at radius 1 is 1.35 bits per heavy atom. The van der Waals surface area contributed by atoms with Crippen LogP contribution >= 0.6 is 0 Å². The van der Waals surface area contributed by atoms with Gasteiger partial charge in [-0.2, -0.15) is 0 Å². The molecule has 2 N–H and O–H groups in total. The summed E-state index contributed by atoms with van der Waals surface area (Å²) in [6.07, 6.45) is 3.13. The predicted molar refractivity (Wildman–Crippen MR) is 79.9 cm³/mol. The number of anilines is 1. The summed E-state index contributed by atoms with van der Waals surface area (Å²) >= 11 is 0. The van der Waals surface area contributed by atoms with Gasteiger partial charge in [0.25, 0.3) is 0 Å². The topological polar surface area (TPSA) is 54.6 Å². The Morgan fingerprint density at radius 3 is 2.85 bits per heavy atom. The number of nitrogens with two attached hydrogens (primary N) is 1. The van der Waals surface area contributed by atoms with Crippen molar-refractivity contribution in [3.63, 3.8) is 0 Å². The first-order valence-electron chi connectivity index (χ1n) is 7.50. The van der Waals surface area contributed by atoms with Crippen molar-refractivity contribution in [3.05, 3.63) is 23.4 Å². The van der Waals surface area contributed by atoms with Gasteiger partial charge in [0.2, 0.25) is 0 Å². The maximum Gasteiger partial charge on any atom is 0.131 e. The number of hydrogen-bond acceptors (Lipinski definition) is 5. The predicted octanol–water partition coefficient (Wildman–Crippen LogP) is 0.760. The van der Waals surface area contributed by atoms with Gasteiger partial charge in [-0.3, -0.25) is 4.90 Å². The summed E-state index contributed by atoms with van der Waals surface area (Å²) in [6.45, 7) is 8.74. The zero-order valence-electron chi connectivity index (χ0n) is 12.2. The summed E-state index contributed by atoms with van der Waals surface area (Å²) in [4.78, 5) is 9.59. The Morgan fingerprint density at radius 2 is 2.15 bits per heavy atom. The number of ether oxygens (including phenoxy) is 1. The zero-order chi connectivity index (χ0) is 13.9. The molecule has 0 spiro atoms. The van der Waals surface area contributed by atoms with Crippen LogP contribution in [0.15, 0.2) is 12.3 Å². The lowest BCUT2D eigenvalue weighted by Crippen LogP contribution is -2.44. The van der Waals surface area contributed by atoms with Gasteiger partial charge in [0.15, 0.2) is 0 Å². The molecule has 5 heteroatoms. The van der Waals surface area contributed by atoms with Crippen LogP contribution in [0.2, 0.25) is 0 Å². The molecule has 0 radical (unpaired) electrons. The summed E-state index contributed by atoms with van der Waals surface area (Å²) in [5.74, 6) is 1.12. The van der Waals surface area contributed by atoms with E-state index in [-0.39, 0.29) is 0 Å². The minimum atomic E-state index is 0.560. The van der Waals surface area contributed by atoms with E-state index in [2.05, 4.69) is 27.8 Å².